The number of likely N-dealkylation sites (tertiary alicyclic amines) is 1. The number of nitrogens with one attached hydrogen (secondary N) is 1. The fourth-order valence-electron chi connectivity index (χ4n) is 3.75. The van der Waals surface area contributed by atoms with Crippen molar-refractivity contribution in [3.05, 3.63) is 22.4 Å². The molecule has 24 heavy (non-hydrogen) atoms. The van der Waals surface area contributed by atoms with Crippen LogP contribution in [0.25, 0.3) is 0 Å². The summed E-state index contributed by atoms with van der Waals surface area (Å²) in [7, 11) is 1.75. The molecule has 2 N–H and O–H groups in total. The largest absolute Gasteiger partial charge is 0.481 e. The van der Waals surface area contributed by atoms with Gasteiger partial charge in [-0.25, -0.2) is 0 Å². The van der Waals surface area contributed by atoms with E-state index in [-0.39, 0.29) is 42.2 Å². The summed E-state index contributed by atoms with van der Waals surface area (Å²) in [5.74, 6) is -1.52. The molecular weight excluding hydrogens is 328 g/mol. The summed E-state index contributed by atoms with van der Waals surface area (Å²) in [5.41, 5.74) is 0. The summed E-state index contributed by atoms with van der Waals surface area (Å²) in [5, 5.41) is 14.0. The van der Waals surface area contributed by atoms with Crippen LogP contribution in [0.15, 0.2) is 17.5 Å². The van der Waals surface area contributed by atoms with Crippen LogP contribution in [0, 0.1) is 11.8 Å². The summed E-state index contributed by atoms with van der Waals surface area (Å²) in [4.78, 5) is 38.5. The van der Waals surface area contributed by atoms with E-state index in [4.69, 9.17) is 5.11 Å². The van der Waals surface area contributed by atoms with Crippen LogP contribution in [0.5, 0.6) is 0 Å². The Morgan fingerprint density at radius 3 is 2.58 bits per heavy atom. The smallest absolute Gasteiger partial charge is 0.306 e. The van der Waals surface area contributed by atoms with Gasteiger partial charge in [-0.3, -0.25) is 14.4 Å². The molecule has 1 saturated carbocycles. The van der Waals surface area contributed by atoms with Gasteiger partial charge in [0, 0.05) is 24.4 Å². The van der Waals surface area contributed by atoms with Crippen LogP contribution < -0.4 is 5.32 Å². The number of carbonyl (C=O) groups excluding carboxylic acids is 2. The zero-order valence-corrected chi connectivity index (χ0v) is 14.4. The SMILES string of the molecule is CN1C(=O)C[C@H](C(=O)NC2CCC(C(=O)O)CC2)[C@H]1c1cccs1. The lowest BCUT2D eigenvalue weighted by molar-refractivity contribution is -0.143. The predicted octanol–water partition coefficient (Wildman–Crippen LogP) is 2.03. The Balaban J connectivity index is 1.64. The molecule has 2 atom stereocenters. The molecule has 2 heterocycles. The Morgan fingerprint density at radius 1 is 1.29 bits per heavy atom. The highest BCUT2D eigenvalue weighted by molar-refractivity contribution is 7.10. The van der Waals surface area contributed by atoms with Crippen LogP contribution in [0.1, 0.15) is 43.0 Å². The third kappa shape index (κ3) is 3.31. The molecule has 6 nitrogen and oxygen atoms in total. The lowest BCUT2D eigenvalue weighted by atomic mass is 9.85. The Hall–Kier alpha value is -1.89. The molecule has 2 aliphatic rings. The van der Waals surface area contributed by atoms with Gasteiger partial charge >= 0.3 is 5.97 Å². The minimum Gasteiger partial charge on any atom is -0.481 e. The number of aliphatic carboxylic acids is 1. The van der Waals surface area contributed by atoms with Crippen molar-refractivity contribution in [1.82, 2.24) is 10.2 Å². The first-order valence-electron chi connectivity index (χ1n) is 8.29. The second-order valence-electron chi connectivity index (χ2n) is 6.67. The second-order valence-corrected chi connectivity index (χ2v) is 7.65. The quantitative estimate of drug-likeness (QED) is 0.870. The van der Waals surface area contributed by atoms with Gasteiger partial charge in [0.2, 0.25) is 11.8 Å². The number of carboxylic acids is 1. The molecule has 1 aromatic heterocycles. The fourth-order valence-corrected chi connectivity index (χ4v) is 4.68. The molecule has 2 fully saturated rings. The van der Waals surface area contributed by atoms with Crippen molar-refractivity contribution in [2.75, 3.05) is 7.05 Å². The number of thiophene rings is 1. The normalized spacial score (nSPS) is 30.4. The average molecular weight is 350 g/mol. The van der Waals surface area contributed by atoms with Crippen LogP contribution in [0.2, 0.25) is 0 Å². The number of amides is 2. The van der Waals surface area contributed by atoms with Crippen LogP contribution >= 0.6 is 11.3 Å². The minimum absolute atomic E-state index is 0.0110. The van der Waals surface area contributed by atoms with Crippen LogP contribution in [0.3, 0.4) is 0 Å². The van der Waals surface area contributed by atoms with Gasteiger partial charge < -0.3 is 15.3 Å². The predicted molar refractivity (Wildman–Crippen MR) is 89.5 cm³/mol. The lowest BCUT2D eigenvalue weighted by Gasteiger charge is -2.29. The van der Waals surface area contributed by atoms with Gasteiger partial charge in [-0.15, -0.1) is 11.3 Å². The van der Waals surface area contributed by atoms with Crippen molar-refractivity contribution in [3.63, 3.8) is 0 Å². The number of carboxylic acid groups (broad SMARTS) is 1. The first kappa shape index (κ1) is 17.0. The Kier molecular flexibility index (Phi) is 4.89. The molecule has 1 aliphatic carbocycles. The zero-order chi connectivity index (χ0) is 17.3. The molecule has 7 heteroatoms. The molecule has 0 spiro atoms. The summed E-state index contributed by atoms with van der Waals surface area (Å²) in [6, 6.07) is 3.70. The highest BCUT2D eigenvalue weighted by atomic mass is 32.1. The summed E-state index contributed by atoms with van der Waals surface area (Å²) >= 11 is 1.56. The van der Waals surface area contributed by atoms with E-state index >= 15 is 0 Å². The molecule has 0 aromatic carbocycles. The molecule has 1 saturated heterocycles. The molecule has 130 valence electrons. The van der Waals surface area contributed by atoms with Crippen LogP contribution in [-0.4, -0.2) is 40.9 Å². The van der Waals surface area contributed by atoms with E-state index in [1.165, 1.54) is 0 Å². The molecule has 0 unspecified atom stereocenters. The zero-order valence-electron chi connectivity index (χ0n) is 13.6. The van der Waals surface area contributed by atoms with Crippen molar-refractivity contribution < 1.29 is 19.5 Å². The number of hydrogen-bond acceptors (Lipinski definition) is 4. The van der Waals surface area contributed by atoms with Gasteiger partial charge in [-0.05, 0) is 37.1 Å². The summed E-state index contributed by atoms with van der Waals surface area (Å²) in [6.07, 6.45) is 2.79. The van der Waals surface area contributed by atoms with Gasteiger partial charge in [0.05, 0.1) is 17.9 Å². The number of hydrogen-bond donors (Lipinski definition) is 2. The van der Waals surface area contributed by atoms with Crippen molar-refractivity contribution in [1.29, 1.82) is 0 Å². The first-order chi connectivity index (χ1) is 11.5. The van der Waals surface area contributed by atoms with Gasteiger partial charge in [0.25, 0.3) is 0 Å². The van der Waals surface area contributed by atoms with Gasteiger partial charge in [0.15, 0.2) is 0 Å². The number of nitrogens with zero attached hydrogens (tertiary/aromatic N) is 1. The van der Waals surface area contributed by atoms with E-state index in [2.05, 4.69) is 5.32 Å². The maximum atomic E-state index is 12.7. The second kappa shape index (κ2) is 6.93. The first-order valence-corrected chi connectivity index (χ1v) is 9.17. The molecule has 0 radical (unpaired) electrons. The van der Waals surface area contributed by atoms with Gasteiger partial charge in [-0.2, -0.15) is 0 Å². The van der Waals surface area contributed by atoms with Crippen LogP contribution in [-0.2, 0) is 14.4 Å². The third-order valence-corrected chi connectivity index (χ3v) is 6.12. The average Bonchev–Trinajstić information content (AvgIpc) is 3.17. The Morgan fingerprint density at radius 2 is 2.00 bits per heavy atom. The standard InChI is InChI=1S/C17H22N2O4S/c1-19-14(20)9-12(15(19)13-3-2-8-24-13)16(21)18-11-6-4-10(5-7-11)17(22)23/h2-3,8,10-12,15H,4-7,9H2,1H3,(H,18,21)(H,22,23)/t10?,11?,12-,15-/m0/s1. The maximum absolute atomic E-state index is 12.7. The highest BCUT2D eigenvalue weighted by Crippen LogP contribution is 2.39. The van der Waals surface area contributed by atoms with E-state index < -0.39 is 5.97 Å². The van der Waals surface area contributed by atoms with Crippen molar-refractivity contribution >= 4 is 29.1 Å². The summed E-state index contributed by atoms with van der Waals surface area (Å²) in [6.45, 7) is 0. The third-order valence-electron chi connectivity index (χ3n) is 5.18. The fraction of sp³-hybridized carbons (Fsp3) is 0.588. The van der Waals surface area contributed by atoms with E-state index in [1.807, 2.05) is 17.5 Å². The molecule has 3 rings (SSSR count). The molecule has 0 bridgehead atoms. The van der Waals surface area contributed by atoms with Crippen LogP contribution in [0.4, 0.5) is 0 Å². The Bertz CT molecular complexity index is 623. The van der Waals surface area contributed by atoms with Crippen molar-refractivity contribution in [3.8, 4) is 0 Å². The molecular formula is C17H22N2O4S. The number of rotatable bonds is 4. The van der Waals surface area contributed by atoms with Crippen molar-refractivity contribution in [2.24, 2.45) is 11.8 Å². The minimum atomic E-state index is -0.749. The lowest BCUT2D eigenvalue weighted by Crippen LogP contribution is -2.42. The topological polar surface area (TPSA) is 86.7 Å². The van der Waals surface area contributed by atoms with Gasteiger partial charge in [0.1, 0.15) is 0 Å². The van der Waals surface area contributed by atoms with E-state index in [0.717, 1.165) is 4.88 Å². The van der Waals surface area contributed by atoms with E-state index in [9.17, 15) is 14.4 Å². The van der Waals surface area contributed by atoms with E-state index in [1.54, 1.807) is 23.3 Å². The highest BCUT2D eigenvalue weighted by Gasteiger charge is 2.43. The molecule has 1 aromatic rings. The summed E-state index contributed by atoms with van der Waals surface area (Å²) < 4.78 is 0. The maximum Gasteiger partial charge on any atom is 0.306 e. The Labute approximate surface area is 144 Å². The number of carbonyl (C=O) groups is 3. The van der Waals surface area contributed by atoms with E-state index in [0.29, 0.717) is 25.7 Å². The monoisotopic (exact) mass is 350 g/mol. The van der Waals surface area contributed by atoms with Gasteiger partial charge in [-0.1, -0.05) is 6.07 Å². The van der Waals surface area contributed by atoms with Crippen molar-refractivity contribution in [2.45, 2.75) is 44.2 Å². The molecule has 1 aliphatic heterocycles. The molecule has 2 amide bonds.